The summed E-state index contributed by atoms with van der Waals surface area (Å²) in [6, 6.07) is 3.74. The minimum Gasteiger partial charge on any atom is -0.382 e. The fraction of sp³-hybridized carbons (Fsp3) is 0.400. The van der Waals surface area contributed by atoms with Crippen LogP contribution in [0.2, 0.25) is 0 Å². The van der Waals surface area contributed by atoms with Crippen molar-refractivity contribution in [2.75, 3.05) is 0 Å². The van der Waals surface area contributed by atoms with Gasteiger partial charge >= 0.3 is 0 Å². The average Bonchev–Trinajstić information content (AvgIpc) is 2.03. The molecule has 3 N–H and O–H groups in total. The maximum atomic E-state index is 7.18. The highest BCUT2D eigenvalue weighted by molar-refractivity contribution is 5.92. The molecule has 0 aromatic carbocycles. The van der Waals surface area contributed by atoms with Crippen molar-refractivity contribution < 1.29 is 0 Å². The first-order valence-electron chi connectivity index (χ1n) is 4.22. The van der Waals surface area contributed by atoms with E-state index in [1.54, 1.807) is 12.3 Å². The van der Waals surface area contributed by atoms with Gasteiger partial charge in [-0.25, -0.2) is 0 Å². The van der Waals surface area contributed by atoms with E-state index in [2.05, 4.69) is 25.8 Å². The Morgan fingerprint density at radius 3 is 2.31 bits per heavy atom. The van der Waals surface area contributed by atoms with Gasteiger partial charge in [0.05, 0.1) is 0 Å². The quantitative estimate of drug-likeness (QED) is 0.506. The van der Waals surface area contributed by atoms with Gasteiger partial charge in [-0.1, -0.05) is 26.8 Å². The van der Waals surface area contributed by atoms with Gasteiger partial charge in [0.25, 0.3) is 0 Å². The van der Waals surface area contributed by atoms with Gasteiger partial charge in [0.2, 0.25) is 0 Å². The smallest absolute Gasteiger partial charge is 0.141 e. The lowest BCUT2D eigenvalue weighted by Gasteiger charge is -2.18. The summed E-state index contributed by atoms with van der Waals surface area (Å²) in [4.78, 5) is 4.10. The molecule has 1 aromatic rings. The molecule has 1 aromatic heterocycles. The van der Waals surface area contributed by atoms with Crippen molar-refractivity contribution in [3.8, 4) is 0 Å². The molecule has 3 nitrogen and oxygen atoms in total. The van der Waals surface area contributed by atoms with Gasteiger partial charge in [0.1, 0.15) is 11.5 Å². The van der Waals surface area contributed by atoms with Crippen LogP contribution in [0, 0.1) is 5.41 Å². The Morgan fingerprint density at radius 1 is 1.38 bits per heavy atom. The Balaban J connectivity index is 3.01. The summed E-state index contributed by atoms with van der Waals surface area (Å²) >= 11 is 0. The molecule has 0 fully saturated rings. The fourth-order valence-corrected chi connectivity index (χ4v) is 0.997. The molecule has 0 aliphatic heterocycles. The molecule has 1 rings (SSSR count). The van der Waals surface area contributed by atoms with Crippen LogP contribution in [0.25, 0.3) is 0 Å². The van der Waals surface area contributed by atoms with Gasteiger partial charge < -0.3 is 5.73 Å². The standard InChI is InChI=1S/C10H15N3/c1-10(2,3)7-4-5-8(9(11)12)13-6-7/h4-6H,1-3H3,(H3,11,12). The SMILES string of the molecule is CC(C)(C)c1ccc(C(=N)N)nc1. The lowest BCUT2D eigenvalue weighted by molar-refractivity contribution is 0.587. The van der Waals surface area contributed by atoms with Crippen molar-refractivity contribution in [3.63, 3.8) is 0 Å². The molecule has 0 aliphatic carbocycles. The van der Waals surface area contributed by atoms with Crippen LogP contribution >= 0.6 is 0 Å². The van der Waals surface area contributed by atoms with Gasteiger partial charge in [-0.3, -0.25) is 10.4 Å². The van der Waals surface area contributed by atoms with Crippen molar-refractivity contribution in [2.45, 2.75) is 26.2 Å². The van der Waals surface area contributed by atoms with Crippen molar-refractivity contribution in [2.24, 2.45) is 5.73 Å². The van der Waals surface area contributed by atoms with Gasteiger partial charge in [-0.15, -0.1) is 0 Å². The van der Waals surface area contributed by atoms with Gasteiger partial charge in [-0.05, 0) is 17.0 Å². The Morgan fingerprint density at radius 2 is 2.00 bits per heavy atom. The number of hydrogen-bond donors (Lipinski definition) is 2. The molecule has 0 amide bonds. The lowest BCUT2D eigenvalue weighted by Crippen LogP contribution is -2.16. The zero-order valence-electron chi connectivity index (χ0n) is 8.26. The summed E-state index contributed by atoms with van der Waals surface area (Å²) in [5.41, 5.74) is 7.08. The number of hydrogen-bond acceptors (Lipinski definition) is 2. The number of nitrogens with one attached hydrogen (secondary N) is 1. The summed E-state index contributed by atoms with van der Waals surface area (Å²) in [5.74, 6) is 0.0143. The second kappa shape index (κ2) is 3.17. The van der Waals surface area contributed by atoms with E-state index in [0.717, 1.165) is 5.56 Å². The Labute approximate surface area is 78.5 Å². The third-order valence-corrected chi connectivity index (χ3v) is 1.91. The van der Waals surface area contributed by atoms with Gasteiger partial charge in [0.15, 0.2) is 0 Å². The van der Waals surface area contributed by atoms with Crippen LogP contribution in [-0.2, 0) is 5.41 Å². The number of nitrogens with zero attached hydrogens (tertiary/aromatic N) is 1. The summed E-state index contributed by atoms with van der Waals surface area (Å²) < 4.78 is 0. The van der Waals surface area contributed by atoms with Crippen LogP contribution in [0.4, 0.5) is 0 Å². The second-order valence-electron chi connectivity index (χ2n) is 4.10. The molecular formula is C10H15N3. The maximum Gasteiger partial charge on any atom is 0.141 e. The fourth-order valence-electron chi connectivity index (χ4n) is 0.997. The van der Waals surface area contributed by atoms with Crippen LogP contribution in [0.1, 0.15) is 32.0 Å². The van der Waals surface area contributed by atoms with E-state index in [9.17, 15) is 0 Å². The molecule has 0 saturated carbocycles. The van der Waals surface area contributed by atoms with Crippen molar-refractivity contribution >= 4 is 5.84 Å². The zero-order valence-corrected chi connectivity index (χ0v) is 8.26. The second-order valence-corrected chi connectivity index (χ2v) is 4.10. The normalized spacial score (nSPS) is 11.3. The van der Waals surface area contributed by atoms with Crippen LogP contribution in [0.3, 0.4) is 0 Å². The first kappa shape index (κ1) is 9.71. The lowest BCUT2D eigenvalue weighted by atomic mass is 9.88. The number of amidine groups is 1. The Kier molecular flexibility index (Phi) is 2.36. The predicted molar refractivity (Wildman–Crippen MR) is 54.0 cm³/mol. The van der Waals surface area contributed by atoms with Gasteiger partial charge in [0, 0.05) is 6.20 Å². The van der Waals surface area contributed by atoms with E-state index < -0.39 is 0 Å². The minimum atomic E-state index is 0.0143. The summed E-state index contributed by atoms with van der Waals surface area (Å²) in [5, 5.41) is 7.18. The molecule has 1 heterocycles. The number of pyridine rings is 1. The first-order chi connectivity index (χ1) is 5.91. The van der Waals surface area contributed by atoms with E-state index in [4.69, 9.17) is 11.1 Å². The summed E-state index contributed by atoms with van der Waals surface area (Å²) in [6.45, 7) is 6.37. The Hall–Kier alpha value is -1.38. The van der Waals surface area contributed by atoms with Crippen LogP contribution in [0.15, 0.2) is 18.3 Å². The molecular weight excluding hydrogens is 162 g/mol. The maximum absolute atomic E-state index is 7.18. The Bertz CT molecular complexity index is 306. The molecule has 0 radical (unpaired) electrons. The average molecular weight is 177 g/mol. The van der Waals surface area contributed by atoms with Crippen molar-refractivity contribution in [1.29, 1.82) is 5.41 Å². The molecule has 0 spiro atoms. The molecule has 0 atom stereocenters. The summed E-state index contributed by atoms with van der Waals surface area (Å²) in [6.07, 6.45) is 1.77. The molecule has 0 unspecified atom stereocenters. The molecule has 13 heavy (non-hydrogen) atoms. The summed E-state index contributed by atoms with van der Waals surface area (Å²) in [7, 11) is 0. The topological polar surface area (TPSA) is 62.8 Å². The van der Waals surface area contributed by atoms with Crippen molar-refractivity contribution in [3.05, 3.63) is 29.6 Å². The van der Waals surface area contributed by atoms with Gasteiger partial charge in [-0.2, -0.15) is 0 Å². The highest BCUT2D eigenvalue weighted by Gasteiger charge is 2.13. The molecule has 0 saturated heterocycles. The van der Waals surface area contributed by atoms with E-state index in [1.807, 2.05) is 6.07 Å². The highest BCUT2D eigenvalue weighted by atomic mass is 14.8. The minimum absolute atomic E-state index is 0.0143. The van der Waals surface area contributed by atoms with Crippen LogP contribution in [0.5, 0.6) is 0 Å². The van der Waals surface area contributed by atoms with E-state index in [-0.39, 0.29) is 11.3 Å². The van der Waals surface area contributed by atoms with E-state index in [1.165, 1.54) is 0 Å². The van der Waals surface area contributed by atoms with Crippen LogP contribution in [-0.4, -0.2) is 10.8 Å². The third-order valence-electron chi connectivity index (χ3n) is 1.91. The molecule has 0 bridgehead atoms. The number of rotatable bonds is 1. The predicted octanol–water partition coefficient (Wildman–Crippen LogP) is 1.66. The first-order valence-corrected chi connectivity index (χ1v) is 4.22. The van der Waals surface area contributed by atoms with Crippen LogP contribution < -0.4 is 5.73 Å². The van der Waals surface area contributed by atoms with E-state index in [0.29, 0.717) is 5.69 Å². The monoisotopic (exact) mass is 177 g/mol. The number of aromatic nitrogens is 1. The van der Waals surface area contributed by atoms with E-state index >= 15 is 0 Å². The molecule has 3 heteroatoms. The largest absolute Gasteiger partial charge is 0.382 e. The zero-order chi connectivity index (χ0) is 10.1. The molecule has 70 valence electrons. The highest BCUT2D eigenvalue weighted by Crippen LogP contribution is 2.20. The number of nitrogen functional groups attached to an aromatic ring is 1. The van der Waals surface area contributed by atoms with Crippen molar-refractivity contribution in [1.82, 2.24) is 4.98 Å². The number of nitrogens with two attached hydrogens (primary N) is 1. The molecule has 0 aliphatic rings. The third kappa shape index (κ3) is 2.28.